The van der Waals surface area contributed by atoms with E-state index in [2.05, 4.69) is 0 Å². The summed E-state index contributed by atoms with van der Waals surface area (Å²) in [6.07, 6.45) is 4.14. The van der Waals surface area contributed by atoms with E-state index < -0.39 is 12.1 Å². The minimum absolute atomic E-state index is 0.140. The summed E-state index contributed by atoms with van der Waals surface area (Å²) in [5.41, 5.74) is 5.58. The van der Waals surface area contributed by atoms with Crippen molar-refractivity contribution in [1.82, 2.24) is 4.90 Å². The Balaban J connectivity index is 2.64. The van der Waals surface area contributed by atoms with Gasteiger partial charge in [0.15, 0.2) is 0 Å². The monoisotopic (exact) mass is 179 g/mol. The molecule has 13 heavy (non-hydrogen) atoms. The van der Waals surface area contributed by atoms with Gasteiger partial charge in [0.1, 0.15) is 6.04 Å². The Hall–Kier alpha value is -1.34. The van der Waals surface area contributed by atoms with Crippen molar-refractivity contribution in [2.24, 2.45) is 5.73 Å². The van der Waals surface area contributed by atoms with Crippen LogP contribution in [0.15, 0.2) is 12.2 Å². The van der Waals surface area contributed by atoms with E-state index in [9.17, 15) is 4.79 Å². The summed E-state index contributed by atoms with van der Waals surface area (Å²) in [6.45, 7) is 2.36. The van der Waals surface area contributed by atoms with Crippen LogP contribution in [0.3, 0.4) is 0 Å². The second-order valence-corrected chi connectivity index (χ2v) is 3.01. The topological polar surface area (TPSA) is 70.1 Å². The molecule has 0 saturated heterocycles. The second kappa shape index (κ2) is 4.06. The molecule has 2 N–H and O–H groups in total. The van der Waals surface area contributed by atoms with Crippen LogP contribution in [0.1, 0.15) is 13.3 Å². The number of hydrogen-bond donors (Lipinski definition) is 1. The van der Waals surface area contributed by atoms with Gasteiger partial charge in [-0.2, -0.15) is 5.26 Å². The molecule has 1 aliphatic rings. The lowest BCUT2D eigenvalue weighted by molar-refractivity contribution is -0.132. The zero-order valence-electron chi connectivity index (χ0n) is 7.60. The summed E-state index contributed by atoms with van der Waals surface area (Å²) in [7, 11) is 0. The maximum Gasteiger partial charge on any atom is 0.241 e. The Bertz CT molecular complexity index is 267. The zero-order chi connectivity index (χ0) is 9.84. The third kappa shape index (κ3) is 1.87. The Morgan fingerprint density at radius 1 is 1.92 bits per heavy atom. The number of nitrogens with two attached hydrogens (primary N) is 1. The van der Waals surface area contributed by atoms with E-state index in [1.165, 1.54) is 4.90 Å². The number of nitrogens with zero attached hydrogens (tertiary/aromatic N) is 2. The molecule has 1 amide bonds. The van der Waals surface area contributed by atoms with Crippen LogP contribution in [0.2, 0.25) is 0 Å². The van der Waals surface area contributed by atoms with Crippen LogP contribution in [0, 0.1) is 11.3 Å². The fourth-order valence-electron chi connectivity index (χ4n) is 1.25. The van der Waals surface area contributed by atoms with E-state index in [1.807, 2.05) is 19.1 Å². The Labute approximate surface area is 77.6 Å². The van der Waals surface area contributed by atoms with E-state index in [0.29, 0.717) is 13.0 Å². The Morgan fingerprint density at radius 3 is 3.15 bits per heavy atom. The van der Waals surface area contributed by atoms with Gasteiger partial charge in [-0.05, 0) is 12.5 Å². The highest BCUT2D eigenvalue weighted by molar-refractivity contribution is 5.83. The van der Waals surface area contributed by atoms with Gasteiger partial charge in [0.05, 0.1) is 12.1 Å². The van der Waals surface area contributed by atoms with Crippen molar-refractivity contribution in [2.45, 2.75) is 25.4 Å². The summed E-state index contributed by atoms with van der Waals surface area (Å²) in [6, 6.07) is 1.13. The average Bonchev–Trinajstić information content (AvgIpc) is 2.62. The molecule has 2 atom stereocenters. The lowest BCUT2D eigenvalue weighted by atomic mass is 10.2. The van der Waals surface area contributed by atoms with E-state index in [4.69, 9.17) is 11.0 Å². The molecule has 0 aromatic heterocycles. The van der Waals surface area contributed by atoms with Gasteiger partial charge in [-0.25, -0.2) is 0 Å². The normalized spacial score (nSPS) is 22.8. The molecule has 0 aromatic rings. The minimum atomic E-state index is -0.476. The molecule has 4 nitrogen and oxygen atoms in total. The number of rotatable bonds is 2. The summed E-state index contributed by atoms with van der Waals surface area (Å²) in [5.74, 6) is -0.140. The number of amides is 1. The van der Waals surface area contributed by atoms with Gasteiger partial charge in [-0.15, -0.1) is 0 Å². The van der Waals surface area contributed by atoms with Gasteiger partial charge in [-0.1, -0.05) is 13.0 Å². The van der Waals surface area contributed by atoms with Crippen molar-refractivity contribution in [3.63, 3.8) is 0 Å². The molecular weight excluding hydrogens is 166 g/mol. The molecule has 0 radical (unpaired) electrons. The van der Waals surface area contributed by atoms with Gasteiger partial charge in [0, 0.05) is 6.54 Å². The SMILES string of the molecule is CCC(N)C(=O)N1CC=CC1C#N. The molecule has 0 fully saturated rings. The number of hydrogen-bond acceptors (Lipinski definition) is 3. The van der Waals surface area contributed by atoms with Crippen LogP contribution < -0.4 is 5.73 Å². The second-order valence-electron chi connectivity index (χ2n) is 3.01. The largest absolute Gasteiger partial charge is 0.320 e. The number of carbonyl (C=O) groups excluding carboxylic acids is 1. The summed E-state index contributed by atoms with van der Waals surface area (Å²) >= 11 is 0. The van der Waals surface area contributed by atoms with Gasteiger partial charge < -0.3 is 10.6 Å². The highest BCUT2D eigenvalue weighted by Gasteiger charge is 2.27. The minimum Gasteiger partial charge on any atom is -0.320 e. The van der Waals surface area contributed by atoms with Gasteiger partial charge >= 0.3 is 0 Å². The fourth-order valence-corrected chi connectivity index (χ4v) is 1.25. The summed E-state index contributed by atoms with van der Waals surface area (Å²) in [5, 5.41) is 8.70. The van der Waals surface area contributed by atoms with Crippen molar-refractivity contribution in [3.05, 3.63) is 12.2 Å². The molecule has 0 bridgehead atoms. The van der Waals surface area contributed by atoms with Crippen LogP contribution >= 0.6 is 0 Å². The van der Waals surface area contributed by atoms with Crippen LogP contribution in [-0.4, -0.2) is 29.4 Å². The van der Waals surface area contributed by atoms with Crippen LogP contribution in [0.5, 0.6) is 0 Å². The predicted octanol–water partition coefficient (Wildman–Crippen LogP) is 0.0143. The fraction of sp³-hybridized carbons (Fsp3) is 0.556. The highest BCUT2D eigenvalue weighted by Crippen LogP contribution is 2.10. The van der Waals surface area contributed by atoms with Crippen LogP contribution in [0.25, 0.3) is 0 Å². The van der Waals surface area contributed by atoms with Crippen LogP contribution in [0.4, 0.5) is 0 Å². The first-order valence-electron chi connectivity index (χ1n) is 4.33. The van der Waals surface area contributed by atoms with Gasteiger partial charge in [-0.3, -0.25) is 4.79 Å². The molecular formula is C9H13N3O. The lowest BCUT2D eigenvalue weighted by Crippen LogP contribution is -2.45. The molecule has 2 unspecified atom stereocenters. The molecule has 1 heterocycles. The Kier molecular flexibility index (Phi) is 3.04. The first-order chi connectivity index (χ1) is 6.20. The third-order valence-corrected chi connectivity index (χ3v) is 2.13. The maximum absolute atomic E-state index is 11.6. The van der Waals surface area contributed by atoms with Crippen molar-refractivity contribution in [3.8, 4) is 6.07 Å². The number of carbonyl (C=O) groups is 1. The smallest absolute Gasteiger partial charge is 0.241 e. The summed E-state index contributed by atoms with van der Waals surface area (Å²) in [4.78, 5) is 13.0. The van der Waals surface area contributed by atoms with E-state index >= 15 is 0 Å². The van der Waals surface area contributed by atoms with Crippen molar-refractivity contribution in [2.75, 3.05) is 6.54 Å². The molecule has 0 aliphatic carbocycles. The summed E-state index contributed by atoms with van der Waals surface area (Å²) < 4.78 is 0. The third-order valence-electron chi connectivity index (χ3n) is 2.13. The first-order valence-corrected chi connectivity index (χ1v) is 4.33. The first kappa shape index (κ1) is 9.75. The lowest BCUT2D eigenvalue weighted by Gasteiger charge is -2.22. The van der Waals surface area contributed by atoms with Gasteiger partial charge in [0.25, 0.3) is 0 Å². The molecule has 0 spiro atoms. The van der Waals surface area contributed by atoms with E-state index in [-0.39, 0.29) is 5.91 Å². The van der Waals surface area contributed by atoms with Crippen molar-refractivity contribution < 1.29 is 4.79 Å². The van der Waals surface area contributed by atoms with E-state index in [1.54, 1.807) is 6.08 Å². The Morgan fingerprint density at radius 2 is 2.62 bits per heavy atom. The molecule has 0 aromatic carbocycles. The van der Waals surface area contributed by atoms with Crippen molar-refractivity contribution >= 4 is 5.91 Å². The highest BCUT2D eigenvalue weighted by atomic mass is 16.2. The van der Waals surface area contributed by atoms with Gasteiger partial charge in [0.2, 0.25) is 5.91 Å². The molecule has 70 valence electrons. The molecule has 1 aliphatic heterocycles. The zero-order valence-corrected chi connectivity index (χ0v) is 7.60. The predicted molar refractivity (Wildman–Crippen MR) is 48.5 cm³/mol. The van der Waals surface area contributed by atoms with Crippen LogP contribution in [-0.2, 0) is 4.79 Å². The molecule has 4 heteroatoms. The number of nitriles is 1. The standard InChI is InChI=1S/C9H13N3O/c1-2-8(11)9(13)12-5-3-4-7(12)6-10/h3-4,7-8H,2,5,11H2,1H3. The quantitative estimate of drug-likeness (QED) is 0.607. The van der Waals surface area contributed by atoms with E-state index in [0.717, 1.165) is 0 Å². The molecule has 0 saturated carbocycles. The average molecular weight is 179 g/mol. The molecule has 1 rings (SSSR count). The maximum atomic E-state index is 11.6. The van der Waals surface area contributed by atoms with Crippen molar-refractivity contribution in [1.29, 1.82) is 5.26 Å².